The van der Waals surface area contributed by atoms with E-state index in [1.807, 2.05) is 37.3 Å². The van der Waals surface area contributed by atoms with Crippen molar-refractivity contribution in [3.8, 4) is 5.75 Å². The number of carboxylic acid groups (broad SMARTS) is 1. The van der Waals surface area contributed by atoms with Crippen molar-refractivity contribution in [1.29, 1.82) is 0 Å². The number of hydrogen-bond donors (Lipinski definition) is 2. The molecule has 2 aromatic carbocycles. The van der Waals surface area contributed by atoms with Crippen LogP contribution < -0.4 is 9.46 Å². The average molecular weight is 486 g/mol. The molecular formula is C24H27N3O6S. The average Bonchev–Trinajstić information content (AvgIpc) is 2.83. The molecule has 1 aliphatic rings. The molecule has 0 radical (unpaired) electrons. The topological polar surface area (TPSA) is 118 Å². The van der Waals surface area contributed by atoms with Crippen LogP contribution in [0.5, 0.6) is 5.75 Å². The number of nitrogens with one attached hydrogen (secondary N) is 1. The van der Waals surface area contributed by atoms with Gasteiger partial charge in [0.25, 0.3) is 0 Å². The summed E-state index contributed by atoms with van der Waals surface area (Å²) < 4.78 is 39.0. The van der Waals surface area contributed by atoms with Gasteiger partial charge in [0.05, 0.1) is 23.6 Å². The number of carboxylic acids is 1. The SMILES string of the molecule is Cc1cc(COc2ccc(S(=O)(=O)NCC(C(=O)O)N3CCOCC3)cc2)c2ccccc2n1. The number of benzene rings is 2. The summed E-state index contributed by atoms with van der Waals surface area (Å²) in [5.74, 6) is -0.554. The van der Waals surface area contributed by atoms with Gasteiger partial charge in [0.15, 0.2) is 0 Å². The summed E-state index contributed by atoms with van der Waals surface area (Å²) in [6.07, 6.45) is 0. The van der Waals surface area contributed by atoms with Crippen molar-refractivity contribution >= 4 is 26.9 Å². The lowest BCUT2D eigenvalue weighted by Crippen LogP contribution is -2.52. The van der Waals surface area contributed by atoms with Gasteiger partial charge >= 0.3 is 5.97 Å². The Hall–Kier alpha value is -3.05. The molecule has 9 nitrogen and oxygen atoms in total. The van der Waals surface area contributed by atoms with Gasteiger partial charge in [-0.2, -0.15) is 0 Å². The molecule has 0 spiro atoms. The second kappa shape index (κ2) is 10.5. The molecule has 1 saturated heterocycles. The molecule has 34 heavy (non-hydrogen) atoms. The Kier molecular flexibility index (Phi) is 7.42. The zero-order chi connectivity index (χ0) is 24.1. The van der Waals surface area contributed by atoms with Crippen LogP contribution in [0.25, 0.3) is 10.9 Å². The van der Waals surface area contributed by atoms with E-state index in [9.17, 15) is 18.3 Å². The second-order valence-corrected chi connectivity index (χ2v) is 9.82. The fourth-order valence-corrected chi connectivity index (χ4v) is 4.96. The minimum absolute atomic E-state index is 0.0381. The maximum Gasteiger partial charge on any atom is 0.322 e. The van der Waals surface area contributed by atoms with Gasteiger partial charge in [0.1, 0.15) is 18.4 Å². The zero-order valence-corrected chi connectivity index (χ0v) is 19.6. The number of pyridine rings is 1. The standard InChI is InChI=1S/C24H27N3O6S/c1-17-14-18(21-4-2-3-5-22(21)26-17)16-33-19-6-8-20(9-7-19)34(30,31)25-15-23(24(28)29)27-10-12-32-13-11-27/h2-9,14,23,25H,10-13,15-16H2,1H3,(H,28,29). The first-order valence-electron chi connectivity index (χ1n) is 11.0. The van der Waals surface area contributed by atoms with Crippen LogP contribution in [0, 0.1) is 6.92 Å². The molecule has 4 rings (SSSR count). The molecule has 1 fully saturated rings. The molecule has 1 aromatic heterocycles. The third kappa shape index (κ3) is 5.71. The lowest BCUT2D eigenvalue weighted by Gasteiger charge is -2.31. The van der Waals surface area contributed by atoms with Gasteiger partial charge in [-0.05, 0) is 43.3 Å². The summed E-state index contributed by atoms with van der Waals surface area (Å²) in [5.41, 5.74) is 2.77. The first-order valence-corrected chi connectivity index (χ1v) is 12.4. The second-order valence-electron chi connectivity index (χ2n) is 8.05. The molecule has 2 heterocycles. The Bertz CT molecular complexity index is 1260. The van der Waals surface area contributed by atoms with Gasteiger partial charge in [0, 0.05) is 36.3 Å². The fourth-order valence-electron chi connectivity index (χ4n) is 3.92. The molecule has 10 heteroatoms. The van der Waals surface area contributed by atoms with E-state index in [0.717, 1.165) is 22.2 Å². The summed E-state index contributed by atoms with van der Waals surface area (Å²) in [4.78, 5) is 17.9. The van der Waals surface area contributed by atoms with E-state index in [-0.39, 0.29) is 11.4 Å². The minimum Gasteiger partial charge on any atom is -0.489 e. The van der Waals surface area contributed by atoms with E-state index < -0.39 is 22.0 Å². The molecule has 1 aliphatic heterocycles. The van der Waals surface area contributed by atoms with Crippen LogP contribution in [0.3, 0.4) is 0 Å². The number of sulfonamides is 1. The van der Waals surface area contributed by atoms with Crippen molar-refractivity contribution in [2.75, 3.05) is 32.8 Å². The van der Waals surface area contributed by atoms with E-state index in [1.54, 1.807) is 17.0 Å². The molecule has 3 aromatic rings. The Labute approximate surface area is 198 Å². The first-order chi connectivity index (χ1) is 16.3. The Morgan fingerprint density at radius 2 is 1.88 bits per heavy atom. The predicted molar refractivity (Wildman–Crippen MR) is 126 cm³/mol. The van der Waals surface area contributed by atoms with Crippen molar-refractivity contribution in [2.45, 2.75) is 24.5 Å². The summed E-state index contributed by atoms with van der Waals surface area (Å²) in [6.45, 7) is 3.74. The summed E-state index contributed by atoms with van der Waals surface area (Å²) >= 11 is 0. The van der Waals surface area contributed by atoms with Crippen LogP contribution in [0.4, 0.5) is 0 Å². The highest BCUT2D eigenvalue weighted by atomic mass is 32.2. The number of ether oxygens (including phenoxy) is 2. The molecule has 0 amide bonds. The normalized spacial score (nSPS) is 15.8. The number of para-hydroxylation sites is 1. The first kappa shape index (κ1) is 24.1. The Morgan fingerprint density at radius 1 is 1.18 bits per heavy atom. The molecule has 180 valence electrons. The van der Waals surface area contributed by atoms with Crippen LogP contribution in [0.2, 0.25) is 0 Å². The highest BCUT2D eigenvalue weighted by Gasteiger charge is 2.29. The van der Waals surface area contributed by atoms with E-state index in [4.69, 9.17) is 9.47 Å². The number of aliphatic carboxylic acids is 1. The maximum absolute atomic E-state index is 12.7. The number of morpholine rings is 1. The summed E-state index contributed by atoms with van der Waals surface area (Å²) in [6, 6.07) is 14.9. The Balaban J connectivity index is 1.40. The van der Waals surface area contributed by atoms with Crippen molar-refractivity contribution in [3.05, 3.63) is 65.9 Å². The van der Waals surface area contributed by atoms with Gasteiger partial charge in [-0.3, -0.25) is 14.7 Å². The number of aromatic nitrogens is 1. The number of nitrogens with zero attached hydrogens (tertiary/aromatic N) is 2. The van der Waals surface area contributed by atoms with Crippen molar-refractivity contribution in [1.82, 2.24) is 14.6 Å². The lowest BCUT2D eigenvalue weighted by atomic mass is 10.1. The van der Waals surface area contributed by atoms with Gasteiger partial charge in [-0.1, -0.05) is 18.2 Å². The van der Waals surface area contributed by atoms with Crippen molar-refractivity contribution in [2.24, 2.45) is 0 Å². The highest BCUT2D eigenvalue weighted by molar-refractivity contribution is 7.89. The van der Waals surface area contributed by atoms with Gasteiger partial charge < -0.3 is 14.6 Å². The van der Waals surface area contributed by atoms with Crippen LogP contribution >= 0.6 is 0 Å². The Morgan fingerprint density at radius 3 is 2.59 bits per heavy atom. The molecule has 0 aliphatic carbocycles. The van der Waals surface area contributed by atoms with Crippen LogP contribution in [0.1, 0.15) is 11.3 Å². The van der Waals surface area contributed by atoms with E-state index in [0.29, 0.717) is 38.7 Å². The fraction of sp³-hybridized carbons (Fsp3) is 0.333. The molecule has 0 bridgehead atoms. The van der Waals surface area contributed by atoms with Gasteiger partial charge in [0.2, 0.25) is 10.0 Å². The smallest absolute Gasteiger partial charge is 0.322 e. The number of carbonyl (C=O) groups is 1. The van der Waals surface area contributed by atoms with Gasteiger partial charge in [-0.15, -0.1) is 0 Å². The molecule has 0 saturated carbocycles. The predicted octanol–water partition coefficient (Wildman–Crippen LogP) is 2.19. The van der Waals surface area contributed by atoms with Crippen LogP contribution in [-0.4, -0.2) is 68.3 Å². The number of aryl methyl sites for hydroxylation is 1. The maximum atomic E-state index is 12.7. The molecule has 1 atom stereocenters. The van der Waals surface area contributed by atoms with Crippen LogP contribution in [0.15, 0.2) is 59.5 Å². The van der Waals surface area contributed by atoms with E-state index >= 15 is 0 Å². The monoisotopic (exact) mass is 485 g/mol. The third-order valence-electron chi connectivity index (χ3n) is 5.70. The van der Waals surface area contributed by atoms with E-state index in [1.165, 1.54) is 12.1 Å². The number of fused-ring (bicyclic) bond motifs is 1. The molecular weight excluding hydrogens is 458 g/mol. The molecule has 2 N–H and O–H groups in total. The van der Waals surface area contributed by atoms with E-state index in [2.05, 4.69) is 9.71 Å². The van der Waals surface area contributed by atoms with Crippen LogP contribution in [-0.2, 0) is 26.2 Å². The summed E-state index contributed by atoms with van der Waals surface area (Å²) in [5, 5.41) is 10.5. The van der Waals surface area contributed by atoms with Crippen molar-refractivity contribution < 1.29 is 27.8 Å². The zero-order valence-electron chi connectivity index (χ0n) is 18.8. The van der Waals surface area contributed by atoms with Crippen molar-refractivity contribution in [3.63, 3.8) is 0 Å². The third-order valence-corrected chi connectivity index (χ3v) is 7.14. The number of rotatable bonds is 9. The quantitative estimate of drug-likeness (QED) is 0.474. The van der Waals surface area contributed by atoms with Gasteiger partial charge in [-0.25, -0.2) is 13.1 Å². The minimum atomic E-state index is -3.88. The number of hydrogen-bond acceptors (Lipinski definition) is 7. The molecule has 1 unspecified atom stereocenters. The largest absolute Gasteiger partial charge is 0.489 e. The highest BCUT2D eigenvalue weighted by Crippen LogP contribution is 2.22. The lowest BCUT2D eigenvalue weighted by molar-refractivity contribution is -0.144. The summed E-state index contributed by atoms with van der Waals surface area (Å²) in [7, 11) is -3.88.